The van der Waals surface area contributed by atoms with Crippen LogP contribution in [0.1, 0.15) is 46.0 Å². The molecule has 2 aliphatic heterocycles. The van der Waals surface area contributed by atoms with Gasteiger partial charge in [0.25, 0.3) is 0 Å². The van der Waals surface area contributed by atoms with Crippen LogP contribution in [0, 0.1) is 0 Å². The molecule has 3 rings (SSSR count). The molecule has 0 bridgehead atoms. The number of hydrogen-bond acceptors (Lipinski definition) is 3. The van der Waals surface area contributed by atoms with E-state index in [1.807, 2.05) is 0 Å². The molecule has 1 aliphatic carbocycles. The molecule has 0 aromatic carbocycles. The van der Waals surface area contributed by atoms with E-state index in [0.29, 0.717) is 11.9 Å². The molecule has 4 heteroatoms. The van der Waals surface area contributed by atoms with Gasteiger partial charge in [-0.3, -0.25) is 4.79 Å². The van der Waals surface area contributed by atoms with Crippen molar-refractivity contribution in [2.24, 2.45) is 0 Å². The Bertz CT molecular complexity index is 343. The van der Waals surface area contributed by atoms with Gasteiger partial charge >= 0.3 is 0 Å². The fraction of sp³-hybridized carbons (Fsp3) is 0.929. The van der Waals surface area contributed by atoms with Crippen molar-refractivity contribution in [3.05, 3.63) is 0 Å². The highest BCUT2D eigenvalue weighted by atomic mass is 16.5. The number of piperidine rings is 1. The minimum atomic E-state index is -0.0962. The quantitative estimate of drug-likeness (QED) is 0.823. The molecule has 4 nitrogen and oxygen atoms in total. The van der Waals surface area contributed by atoms with Gasteiger partial charge in [-0.1, -0.05) is 0 Å². The topological polar surface area (TPSA) is 41.6 Å². The molecular weight excluding hydrogens is 228 g/mol. The Labute approximate surface area is 109 Å². The Morgan fingerprint density at radius 2 is 2.17 bits per heavy atom. The summed E-state index contributed by atoms with van der Waals surface area (Å²) in [4.78, 5) is 14.7. The highest BCUT2D eigenvalue weighted by molar-refractivity contribution is 5.83. The Morgan fingerprint density at radius 1 is 1.39 bits per heavy atom. The van der Waals surface area contributed by atoms with Gasteiger partial charge < -0.3 is 15.0 Å². The second-order valence-electron chi connectivity index (χ2n) is 6.25. The van der Waals surface area contributed by atoms with Crippen LogP contribution in [0.2, 0.25) is 0 Å². The summed E-state index contributed by atoms with van der Waals surface area (Å²) in [7, 11) is 0. The number of hydrogen-bond donors (Lipinski definition) is 1. The van der Waals surface area contributed by atoms with Gasteiger partial charge in [-0.2, -0.15) is 0 Å². The van der Waals surface area contributed by atoms with Crippen LogP contribution < -0.4 is 5.32 Å². The first-order valence-corrected chi connectivity index (χ1v) is 7.30. The number of ether oxygens (including phenoxy) is 1. The maximum Gasteiger partial charge on any atom is 0.240 e. The fourth-order valence-electron chi connectivity index (χ4n) is 3.25. The summed E-state index contributed by atoms with van der Waals surface area (Å²) in [6.45, 7) is 5.95. The van der Waals surface area contributed by atoms with Crippen molar-refractivity contribution in [3.63, 3.8) is 0 Å². The molecule has 0 spiro atoms. The third kappa shape index (κ3) is 2.05. The molecule has 0 aromatic heterocycles. The largest absolute Gasteiger partial charge is 0.376 e. The molecule has 18 heavy (non-hydrogen) atoms. The molecule has 0 radical (unpaired) electrons. The van der Waals surface area contributed by atoms with Crippen LogP contribution in [-0.2, 0) is 9.53 Å². The number of nitrogens with one attached hydrogen (secondary N) is 1. The molecule has 0 aromatic rings. The van der Waals surface area contributed by atoms with Gasteiger partial charge in [0.2, 0.25) is 5.91 Å². The number of nitrogens with zero attached hydrogens (tertiary/aromatic N) is 1. The van der Waals surface area contributed by atoms with Gasteiger partial charge in [0.1, 0.15) is 0 Å². The smallest absolute Gasteiger partial charge is 0.240 e. The van der Waals surface area contributed by atoms with E-state index in [-0.39, 0.29) is 17.7 Å². The first-order valence-electron chi connectivity index (χ1n) is 7.30. The second kappa shape index (κ2) is 4.49. The summed E-state index contributed by atoms with van der Waals surface area (Å²) in [6, 6.07) is 0.653. The van der Waals surface area contributed by atoms with E-state index in [0.717, 1.165) is 32.4 Å². The third-order valence-corrected chi connectivity index (χ3v) is 4.92. The van der Waals surface area contributed by atoms with Gasteiger partial charge in [0, 0.05) is 19.2 Å². The Morgan fingerprint density at radius 3 is 2.78 bits per heavy atom. The summed E-state index contributed by atoms with van der Waals surface area (Å²) in [5, 5.41) is 3.50. The molecule has 2 saturated heterocycles. The van der Waals surface area contributed by atoms with Crippen LogP contribution >= 0.6 is 0 Å². The van der Waals surface area contributed by atoms with Crippen LogP contribution in [0.15, 0.2) is 0 Å². The maximum atomic E-state index is 12.6. The van der Waals surface area contributed by atoms with Crippen LogP contribution in [0.25, 0.3) is 0 Å². The van der Waals surface area contributed by atoms with Crippen molar-refractivity contribution in [2.45, 2.75) is 69.7 Å². The van der Waals surface area contributed by atoms with Gasteiger partial charge in [-0.25, -0.2) is 0 Å². The standard InChI is InChI=1S/C14H24N2O2/c1-10-14(2,7-9-18-10)16-8-3-4-12(13(16)17)15-11-5-6-11/h10-12,15H,3-9H2,1-2H3. The van der Waals surface area contributed by atoms with Crippen LogP contribution in [0.4, 0.5) is 0 Å². The van der Waals surface area contributed by atoms with Gasteiger partial charge in [-0.15, -0.1) is 0 Å². The first kappa shape index (κ1) is 12.4. The molecule has 3 aliphatic rings. The van der Waals surface area contributed by atoms with E-state index < -0.39 is 0 Å². The third-order valence-electron chi connectivity index (χ3n) is 4.92. The zero-order valence-electron chi connectivity index (χ0n) is 11.4. The normalized spacial score (nSPS) is 41.4. The zero-order valence-corrected chi connectivity index (χ0v) is 11.4. The number of amides is 1. The molecule has 1 amide bonds. The van der Waals surface area contributed by atoms with Crippen LogP contribution in [0.5, 0.6) is 0 Å². The Hall–Kier alpha value is -0.610. The number of carbonyl (C=O) groups excluding carboxylic acids is 1. The molecule has 102 valence electrons. The van der Waals surface area contributed by atoms with E-state index in [2.05, 4.69) is 24.1 Å². The monoisotopic (exact) mass is 252 g/mol. The van der Waals surface area contributed by atoms with E-state index in [4.69, 9.17) is 4.74 Å². The van der Waals surface area contributed by atoms with Crippen molar-refractivity contribution < 1.29 is 9.53 Å². The molecule has 2 heterocycles. The average Bonchev–Trinajstić information content (AvgIpc) is 3.09. The van der Waals surface area contributed by atoms with E-state index >= 15 is 0 Å². The van der Waals surface area contributed by atoms with Crippen molar-refractivity contribution in [1.82, 2.24) is 10.2 Å². The highest BCUT2D eigenvalue weighted by Gasteiger charge is 2.47. The zero-order chi connectivity index (χ0) is 12.8. The molecule has 1 saturated carbocycles. The predicted molar refractivity (Wildman–Crippen MR) is 69.3 cm³/mol. The first-order chi connectivity index (χ1) is 8.61. The van der Waals surface area contributed by atoms with E-state index in [9.17, 15) is 4.79 Å². The molecule has 3 fully saturated rings. The van der Waals surface area contributed by atoms with Crippen molar-refractivity contribution in [3.8, 4) is 0 Å². The van der Waals surface area contributed by atoms with Crippen molar-refractivity contribution in [2.75, 3.05) is 13.2 Å². The minimum Gasteiger partial charge on any atom is -0.376 e. The van der Waals surface area contributed by atoms with E-state index in [1.54, 1.807) is 0 Å². The SMILES string of the molecule is CC1OCCC1(C)N1CCCC(NC2CC2)C1=O. The lowest BCUT2D eigenvalue weighted by molar-refractivity contribution is -0.144. The number of likely N-dealkylation sites (tertiary alicyclic amines) is 1. The minimum absolute atomic E-state index is 0.0517. The lowest BCUT2D eigenvalue weighted by Crippen LogP contribution is -2.61. The molecular formula is C14H24N2O2. The summed E-state index contributed by atoms with van der Waals surface area (Å²) in [5.41, 5.74) is -0.0962. The Balaban J connectivity index is 1.72. The molecule has 3 unspecified atom stereocenters. The van der Waals surface area contributed by atoms with Crippen LogP contribution in [0.3, 0.4) is 0 Å². The summed E-state index contributed by atoms with van der Waals surface area (Å²) in [5.74, 6) is 0.299. The summed E-state index contributed by atoms with van der Waals surface area (Å²) >= 11 is 0. The van der Waals surface area contributed by atoms with Crippen LogP contribution in [-0.4, -0.2) is 47.7 Å². The highest BCUT2D eigenvalue weighted by Crippen LogP contribution is 2.34. The molecule has 1 N–H and O–H groups in total. The lowest BCUT2D eigenvalue weighted by Gasteiger charge is -2.45. The predicted octanol–water partition coefficient (Wildman–Crippen LogP) is 1.30. The van der Waals surface area contributed by atoms with Gasteiger partial charge in [0.15, 0.2) is 0 Å². The van der Waals surface area contributed by atoms with E-state index in [1.165, 1.54) is 12.8 Å². The van der Waals surface area contributed by atoms with Gasteiger partial charge in [-0.05, 0) is 46.0 Å². The maximum absolute atomic E-state index is 12.6. The fourth-order valence-corrected chi connectivity index (χ4v) is 3.25. The average molecular weight is 252 g/mol. The summed E-state index contributed by atoms with van der Waals surface area (Å²) in [6.07, 6.45) is 5.70. The second-order valence-corrected chi connectivity index (χ2v) is 6.25. The van der Waals surface area contributed by atoms with Crippen molar-refractivity contribution >= 4 is 5.91 Å². The number of carbonyl (C=O) groups is 1. The lowest BCUT2D eigenvalue weighted by atomic mass is 9.88. The van der Waals surface area contributed by atoms with Gasteiger partial charge in [0.05, 0.1) is 17.7 Å². The Kier molecular flexibility index (Phi) is 3.10. The number of rotatable bonds is 3. The molecule has 3 atom stereocenters. The summed E-state index contributed by atoms with van der Waals surface area (Å²) < 4.78 is 5.68. The van der Waals surface area contributed by atoms with Crippen molar-refractivity contribution in [1.29, 1.82) is 0 Å².